The van der Waals surface area contributed by atoms with E-state index in [9.17, 15) is 0 Å². The number of hydrogen-bond acceptors (Lipinski definition) is 3. The molecule has 0 aliphatic rings. The Balaban J connectivity index is 2.49. The second-order valence-corrected chi connectivity index (χ2v) is 6.99. The summed E-state index contributed by atoms with van der Waals surface area (Å²) in [5.41, 5.74) is 2.42. The van der Waals surface area contributed by atoms with Gasteiger partial charge in [-0.2, -0.15) is 5.26 Å². The van der Waals surface area contributed by atoms with Crippen LogP contribution in [-0.4, -0.2) is 15.3 Å². The summed E-state index contributed by atoms with van der Waals surface area (Å²) in [5, 5.41) is 9.87. The van der Waals surface area contributed by atoms with Crippen LogP contribution in [-0.2, 0) is 6.54 Å². The third-order valence-corrected chi connectivity index (χ3v) is 4.68. The molecular formula is C19H25N3S. The Morgan fingerprint density at radius 3 is 2.61 bits per heavy atom. The lowest BCUT2D eigenvalue weighted by Gasteiger charge is -2.14. The number of thioether (sulfide) groups is 1. The number of nitriles is 1. The molecule has 122 valence electrons. The van der Waals surface area contributed by atoms with Crippen molar-refractivity contribution < 1.29 is 0 Å². The molecule has 0 fully saturated rings. The van der Waals surface area contributed by atoms with Crippen LogP contribution in [0.3, 0.4) is 0 Å². The summed E-state index contributed by atoms with van der Waals surface area (Å²) in [6, 6.07) is 12.7. The summed E-state index contributed by atoms with van der Waals surface area (Å²) >= 11 is 1.70. The van der Waals surface area contributed by atoms with E-state index < -0.39 is 0 Å². The maximum absolute atomic E-state index is 8.81. The molecule has 0 unspecified atom stereocenters. The van der Waals surface area contributed by atoms with Crippen LogP contribution < -0.4 is 0 Å². The first kappa shape index (κ1) is 17.6. The lowest BCUT2D eigenvalue weighted by Crippen LogP contribution is -2.07. The van der Waals surface area contributed by atoms with Gasteiger partial charge >= 0.3 is 0 Å². The maximum Gasteiger partial charge on any atom is 0.123 e. The van der Waals surface area contributed by atoms with Crippen molar-refractivity contribution in [3.8, 4) is 17.3 Å². The molecule has 0 atom stereocenters. The highest BCUT2D eigenvalue weighted by molar-refractivity contribution is 7.99. The van der Waals surface area contributed by atoms with Gasteiger partial charge in [0.2, 0.25) is 0 Å². The first-order chi connectivity index (χ1) is 11.2. The minimum absolute atomic E-state index is 0.389. The van der Waals surface area contributed by atoms with Gasteiger partial charge in [-0.3, -0.25) is 0 Å². The Kier molecular flexibility index (Phi) is 6.73. The minimum Gasteiger partial charge on any atom is -0.327 e. The topological polar surface area (TPSA) is 41.6 Å². The van der Waals surface area contributed by atoms with Gasteiger partial charge in [-0.25, -0.2) is 4.98 Å². The van der Waals surface area contributed by atoms with Crippen molar-refractivity contribution in [2.45, 2.75) is 57.5 Å². The highest BCUT2D eigenvalue weighted by Gasteiger charge is 2.20. The van der Waals surface area contributed by atoms with Gasteiger partial charge in [-0.15, -0.1) is 11.8 Å². The van der Waals surface area contributed by atoms with Gasteiger partial charge in [0.05, 0.1) is 11.8 Å². The van der Waals surface area contributed by atoms with E-state index in [2.05, 4.69) is 55.7 Å². The van der Waals surface area contributed by atoms with Gasteiger partial charge in [0.1, 0.15) is 10.9 Å². The van der Waals surface area contributed by atoms with E-state index in [-0.39, 0.29) is 0 Å². The van der Waals surface area contributed by atoms with E-state index in [4.69, 9.17) is 10.2 Å². The lowest BCUT2D eigenvalue weighted by molar-refractivity contribution is 0.587. The van der Waals surface area contributed by atoms with E-state index in [1.165, 1.54) is 17.7 Å². The van der Waals surface area contributed by atoms with Crippen molar-refractivity contribution in [1.82, 2.24) is 9.55 Å². The fraction of sp³-hybridized carbons (Fsp3) is 0.474. The summed E-state index contributed by atoms with van der Waals surface area (Å²) in [4.78, 5) is 4.93. The van der Waals surface area contributed by atoms with Gasteiger partial charge in [0.15, 0.2) is 0 Å². The Labute approximate surface area is 143 Å². The molecule has 23 heavy (non-hydrogen) atoms. The number of hydrogen-bond donors (Lipinski definition) is 0. The standard InChI is InChI=1S/C19H25N3S/c1-4-5-13-22-17(16-10-7-6-8-11-16)19(23-14-9-12-20)21-18(22)15(2)3/h6-8,10-11,15H,4-5,9,13-14H2,1-3H3. The van der Waals surface area contributed by atoms with Crippen LogP contribution in [0.4, 0.5) is 0 Å². The van der Waals surface area contributed by atoms with E-state index in [0.29, 0.717) is 12.3 Å². The van der Waals surface area contributed by atoms with Crippen LogP contribution in [0.2, 0.25) is 0 Å². The van der Waals surface area contributed by atoms with Gasteiger partial charge in [-0.1, -0.05) is 57.5 Å². The number of nitrogens with zero attached hydrogens (tertiary/aromatic N) is 3. The van der Waals surface area contributed by atoms with E-state index >= 15 is 0 Å². The second-order valence-electron chi connectivity index (χ2n) is 5.91. The first-order valence-electron chi connectivity index (χ1n) is 8.34. The number of imidazole rings is 1. The average molecular weight is 327 g/mol. The van der Waals surface area contributed by atoms with Crippen LogP contribution in [0, 0.1) is 11.3 Å². The van der Waals surface area contributed by atoms with Gasteiger partial charge in [0, 0.05) is 30.2 Å². The van der Waals surface area contributed by atoms with Crippen molar-refractivity contribution >= 4 is 11.8 Å². The van der Waals surface area contributed by atoms with Crippen LogP contribution in [0.1, 0.15) is 51.8 Å². The number of benzene rings is 1. The molecule has 0 amide bonds. The van der Waals surface area contributed by atoms with Crippen LogP contribution in [0.25, 0.3) is 11.3 Å². The van der Waals surface area contributed by atoms with Crippen molar-refractivity contribution in [3.63, 3.8) is 0 Å². The summed E-state index contributed by atoms with van der Waals surface area (Å²) in [6.45, 7) is 7.61. The summed E-state index contributed by atoms with van der Waals surface area (Å²) in [6.07, 6.45) is 2.87. The zero-order valence-corrected chi connectivity index (χ0v) is 15.1. The molecule has 1 aromatic heterocycles. The Morgan fingerprint density at radius 1 is 1.26 bits per heavy atom. The summed E-state index contributed by atoms with van der Waals surface area (Å²) in [5.74, 6) is 2.33. The third-order valence-electron chi connectivity index (χ3n) is 3.72. The molecule has 0 bridgehead atoms. The molecule has 0 radical (unpaired) electrons. The van der Waals surface area contributed by atoms with E-state index in [1.54, 1.807) is 11.8 Å². The Morgan fingerprint density at radius 2 is 2.00 bits per heavy atom. The first-order valence-corrected chi connectivity index (χ1v) is 9.33. The number of aromatic nitrogens is 2. The van der Waals surface area contributed by atoms with E-state index in [1.807, 2.05) is 6.07 Å². The van der Waals surface area contributed by atoms with Crippen molar-refractivity contribution in [2.75, 3.05) is 5.75 Å². The number of rotatable bonds is 8. The van der Waals surface area contributed by atoms with Crippen LogP contribution in [0.5, 0.6) is 0 Å². The Bertz CT molecular complexity index is 653. The Hall–Kier alpha value is -1.73. The SMILES string of the molecule is CCCCn1c(C(C)C)nc(SCCC#N)c1-c1ccccc1. The van der Waals surface area contributed by atoms with Gasteiger partial charge < -0.3 is 4.57 Å². The quantitative estimate of drug-likeness (QED) is 0.476. The smallest absolute Gasteiger partial charge is 0.123 e. The molecule has 1 aromatic carbocycles. The summed E-state index contributed by atoms with van der Waals surface area (Å²) < 4.78 is 2.39. The van der Waals surface area contributed by atoms with Gasteiger partial charge in [-0.05, 0) is 6.42 Å². The lowest BCUT2D eigenvalue weighted by atomic mass is 10.1. The molecule has 4 heteroatoms. The highest BCUT2D eigenvalue weighted by Crippen LogP contribution is 2.35. The largest absolute Gasteiger partial charge is 0.327 e. The molecule has 0 spiro atoms. The third kappa shape index (κ3) is 4.39. The predicted octanol–water partition coefficient (Wildman–Crippen LogP) is 5.48. The fourth-order valence-corrected chi connectivity index (χ4v) is 3.51. The van der Waals surface area contributed by atoms with Crippen molar-refractivity contribution in [2.24, 2.45) is 0 Å². The summed E-state index contributed by atoms with van der Waals surface area (Å²) in [7, 11) is 0. The molecule has 1 heterocycles. The minimum atomic E-state index is 0.389. The molecule has 0 N–H and O–H groups in total. The fourth-order valence-electron chi connectivity index (χ4n) is 2.60. The van der Waals surface area contributed by atoms with Crippen molar-refractivity contribution in [1.29, 1.82) is 5.26 Å². The van der Waals surface area contributed by atoms with Crippen molar-refractivity contribution in [3.05, 3.63) is 36.2 Å². The molecule has 0 aliphatic heterocycles. The molecular weight excluding hydrogens is 302 g/mol. The molecule has 0 saturated carbocycles. The normalized spacial score (nSPS) is 10.9. The van der Waals surface area contributed by atoms with Crippen LogP contribution >= 0.6 is 11.8 Å². The predicted molar refractivity (Wildman–Crippen MR) is 97.6 cm³/mol. The molecule has 3 nitrogen and oxygen atoms in total. The average Bonchev–Trinajstić information content (AvgIpc) is 2.92. The molecule has 0 saturated heterocycles. The monoisotopic (exact) mass is 327 g/mol. The maximum atomic E-state index is 8.81. The zero-order chi connectivity index (χ0) is 16.7. The second kappa shape index (κ2) is 8.79. The van der Waals surface area contributed by atoms with Gasteiger partial charge in [0.25, 0.3) is 0 Å². The molecule has 2 rings (SSSR count). The van der Waals surface area contributed by atoms with E-state index in [0.717, 1.165) is 29.6 Å². The zero-order valence-electron chi connectivity index (χ0n) is 14.2. The molecule has 2 aromatic rings. The number of unbranched alkanes of at least 4 members (excludes halogenated alkanes) is 1. The van der Waals surface area contributed by atoms with Crippen LogP contribution in [0.15, 0.2) is 35.4 Å². The molecule has 0 aliphatic carbocycles. The highest BCUT2D eigenvalue weighted by atomic mass is 32.2.